The molecule has 0 spiro atoms. The zero-order valence-electron chi connectivity index (χ0n) is 23.7. The topological polar surface area (TPSA) is 113 Å². The molecule has 1 saturated carbocycles. The number of nitrogens with zero attached hydrogens (tertiary/aromatic N) is 4. The molecule has 0 saturated heterocycles. The van der Waals surface area contributed by atoms with Gasteiger partial charge in [-0.15, -0.1) is 0 Å². The number of anilines is 2. The van der Waals surface area contributed by atoms with Crippen molar-refractivity contribution in [2.45, 2.75) is 26.3 Å². The van der Waals surface area contributed by atoms with E-state index >= 15 is 0 Å². The summed E-state index contributed by atoms with van der Waals surface area (Å²) in [6, 6.07) is 17.6. The number of methoxy groups -OCH3 is 1. The summed E-state index contributed by atoms with van der Waals surface area (Å²) in [7, 11) is 1.62. The SMILES string of the molecule is COc1ccc(Cn2nc(C)c3c(Oc4c(Cl)cc(N(C(=O)C5(C(N)=O)CC5)c5ccc(F)cc5)cc4Cl)ccnc32)cc1. The quantitative estimate of drug-likeness (QED) is 0.175. The molecule has 12 heteroatoms. The number of amides is 2. The Labute approximate surface area is 261 Å². The average molecular weight is 634 g/mol. The normalized spacial score (nSPS) is 13.5. The molecule has 5 aromatic rings. The van der Waals surface area contributed by atoms with E-state index in [1.807, 2.05) is 31.2 Å². The summed E-state index contributed by atoms with van der Waals surface area (Å²) in [5, 5.41) is 5.56. The van der Waals surface area contributed by atoms with Gasteiger partial charge in [0.2, 0.25) is 11.8 Å². The summed E-state index contributed by atoms with van der Waals surface area (Å²) in [5.74, 6) is -0.418. The number of ether oxygens (including phenoxy) is 2. The summed E-state index contributed by atoms with van der Waals surface area (Å²) in [4.78, 5) is 31.7. The molecule has 2 heterocycles. The van der Waals surface area contributed by atoms with E-state index < -0.39 is 23.0 Å². The summed E-state index contributed by atoms with van der Waals surface area (Å²) >= 11 is 13.4. The fourth-order valence-electron chi connectivity index (χ4n) is 5.11. The van der Waals surface area contributed by atoms with Gasteiger partial charge in [0.15, 0.2) is 11.4 Å². The van der Waals surface area contributed by atoms with Crippen molar-refractivity contribution in [3.63, 3.8) is 0 Å². The van der Waals surface area contributed by atoms with Gasteiger partial charge in [0.1, 0.15) is 22.7 Å². The minimum absolute atomic E-state index is 0.101. The largest absolute Gasteiger partial charge is 0.497 e. The average Bonchev–Trinajstić information content (AvgIpc) is 3.77. The van der Waals surface area contributed by atoms with E-state index in [4.69, 9.17) is 38.4 Å². The number of nitrogens with two attached hydrogens (primary N) is 1. The van der Waals surface area contributed by atoms with Gasteiger partial charge in [-0.3, -0.25) is 14.5 Å². The fraction of sp³-hybridized carbons (Fsp3) is 0.188. The molecule has 6 rings (SSSR count). The number of aromatic nitrogens is 3. The number of fused-ring (bicyclic) bond motifs is 1. The molecule has 2 amide bonds. The Kier molecular flexibility index (Phi) is 7.65. The van der Waals surface area contributed by atoms with Crippen LogP contribution in [0.5, 0.6) is 17.2 Å². The van der Waals surface area contributed by atoms with E-state index in [9.17, 15) is 14.0 Å². The van der Waals surface area contributed by atoms with Crippen LogP contribution in [-0.4, -0.2) is 33.7 Å². The first-order valence-electron chi connectivity index (χ1n) is 13.6. The van der Waals surface area contributed by atoms with Gasteiger partial charge in [-0.05, 0) is 79.9 Å². The zero-order valence-corrected chi connectivity index (χ0v) is 25.2. The van der Waals surface area contributed by atoms with Crippen LogP contribution in [0.15, 0.2) is 72.9 Å². The van der Waals surface area contributed by atoms with Crippen molar-refractivity contribution in [2.24, 2.45) is 11.1 Å². The molecular weight excluding hydrogens is 608 g/mol. The Balaban J connectivity index is 1.35. The van der Waals surface area contributed by atoms with Gasteiger partial charge >= 0.3 is 0 Å². The number of rotatable bonds is 9. The summed E-state index contributed by atoms with van der Waals surface area (Å²) in [6.07, 6.45) is 2.23. The third-order valence-corrected chi connectivity index (χ3v) is 8.19. The van der Waals surface area contributed by atoms with E-state index in [0.29, 0.717) is 47.6 Å². The van der Waals surface area contributed by atoms with Crippen LogP contribution in [0.1, 0.15) is 24.1 Å². The molecule has 0 atom stereocenters. The number of halogens is 3. The lowest BCUT2D eigenvalue weighted by atomic mass is 10.0. The number of hydrogen-bond acceptors (Lipinski definition) is 6. The number of hydrogen-bond donors (Lipinski definition) is 1. The third-order valence-electron chi connectivity index (χ3n) is 7.63. The first kappa shape index (κ1) is 29.4. The standard InChI is InChI=1S/C32H26Cl2FN5O4/c1-18-27-26(11-14-37-29(27)39(38-18)17-19-3-9-23(43-2)10-4-19)44-28-24(33)15-22(16-25(28)34)40(21-7-5-20(35)6-8-21)31(42)32(12-13-32)30(36)41/h3-11,14-16H,12-13,17H2,1-2H3,(H2,36,41). The minimum atomic E-state index is -1.35. The highest BCUT2D eigenvalue weighted by atomic mass is 35.5. The molecule has 9 nitrogen and oxygen atoms in total. The van der Waals surface area contributed by atoms with Crippen molar-refractivity contribution >= 4 is 57.4 Å². The fourth-order valence-corrected chi connectivity index (χ4v) is 5.66. The molecule has 2 aromatic heterocycles. The zero-order chi connectivity index (χ0) is 31.2. The van der Waals surface area contributed by atoms with Gasteiger partial charge in [0.25, 0.3) is 0 Å². The smallest absolute Gasteiger partial charge is 0.247 e. The number of benzene rings is 3. The first-order valence-corrected chi connectivity index (χ1v) is 14.4. The van der Waals surface area contributed by atoms with Crippen LogP contribution in [0.3, 0.4) is 0 Å². The lowest BCUT2D eigenvalue weighted by Gasteiger charge is -2.27. The molecule has 1 fully saturated rings. The van der Waals surface area contributed by atoms with Crippen LogP contribution in [-0.2, 0) is 16.1 Å². The summed E-state index contributed by atoms with van der Waals surface area (Å²) in [6.45, 7) is 2.33. The third kappa shape index (κ3) is 5.31. The molecule has 0 aliphatic heterocycles. The molecule has 1 aliphatic rings. The molecule has 2 N–H and O–H groups in total. The Bertz CT molecular complexity index is 1880. The summed E-state index contributed by atoms with van der Waals surface area (Å²) < 4.78 is 27.0. The van der Waals surface area contributed by atoms with Crippen molar-refractivity contribution in [1.29, 1.82) is 0 Å². The van der Waals surface area contributed by atoms with Gasteiger partial charge in [-0.25, -0.2) is 14.1 Å². The van der Waals surface area contributed by atoms with Gasteiger partial charge in [-0.1, -0.05) is 35.3 Å². The van der Waals surface area contributed by atoms with E-state index in [0.717, 1.165) is 11.3 Å². The van der Waals surface area contributed by atoms with E-state index in [1.165, 1.54) is 41.3 Å². The second-order valence-corrected chi connectivity index (χ2v) is 11.3. The number of carbonyl (C=O) groups is 2. The first-order chi connectivity index (χ1) is 21.1. The maximum absolute atomic E-state index is 13.7. The molecule has 0 radical (unpaired) electrons. The molecule has 1 aliphatic carbocycles. The van der Waals surface area contributed by atoms with Crippen molar-refractivity contribution in [3.05, 3.63) is 100 Å². The molecule has 0 unspecified atom stereocenters. The highest BCUT2D eigenvalue weighted by molar-refractivity contribution is 6.38. The van der Waals surface area contributed by atoms with E-state index in [1.54, 1.807) is 24.1 Å². The van der Waals surface area contributed by atoms with Gasteiger partial charge < -0.3 is 15.2 Å². The molecular formula is C32H26Cl2FN5O4. The second-order valence-electron chi connectivity index (χ2n) is 10.5. The van der Waals surface area contributed by atoms with Crippen LogP contribution in [0.4, 0.5) is 15.8 Å². The predicted octanol–water partition coefficient (Wildman–Crippen LogP) is 6.97. The van der Waals surface area contributed by atoms with Crippen molar-refractivity contribution < 1.29 is 23.5 Å². The molecule has 3 aromatic carbocycles. The number of primary amides is 1. The lowest BCUT2D eigenvalue weighted by Crippen LogP contribution is -2.41. The number of pyridine rings is 1. The lowest BCUT2D eigenvalue weighted by molar-refractivity contribution is -0.133. The maximum Gasteiger partial charge on any atom is 0.247 e. The van der Waals surface area contributed by atoms with Crippen LogP contribution in [0, 0.1) is 18.2 Å². The Morgan fingerprint density at radius 1 is 1.02 bits per heavy atom. The second kappa shape index (κ2) is 11.4. The Hall–Kier alpha value is -4.67. The summed E-state index contributed by atoms with van der Waals surface area (Å²) in [5.41, 5.74) is 7.14. The van der Waals surface area contributed by atoms with Gasteiger partial charge in [0, 0.05) is 11.9 Å². The molecule has 224 valence electrons. The van der Waals surface area contributed by atoms with Crippen molar-refractivity contribution in [1.82, 2.24) is 14.8 Å². The maximum atomic E-state index is 13.7. The number of carbonyl (C=O) groups excluding carboxylic acids is 2. The molecule has 0 bridgehead atoms. The van der Waals surface area contributed by atoms with Gasteiger partial charge in [-0.2, -0.15) is 5.10 Å². The van der Waals surface area contributed by atoms with Gasteiger partial charge in [0.05, 0.1) is 40.5 Å². The predicted molar refractivity (Wildman–Crippen MR) is 165 cm³/mol. The van der Waals surface area contributed by atoms with Crippen molar-refractivity contribution in [2.75, 3.05) is 12.0 Å². The van der Waals surface area contributed by atoms with E-state index in [-0.39, 0.29) is 21.5 Å². The Morgan fingerprint density at radius 3 is 2.27 bits per heavy atom. The van der Waals surface area contributed by atoms with E-state index in [2.05, 4.69) is 10.1 Å². The van der Waals surface area contributed by atoms with Crippen LogP contribution in [0.2, 0.25) is 10.0 Å². The molecule has 44 heavy (non-hydrogen) atoms. The number of aryl methyl sites for hydroxylation is 1. The Morgan fingerprint density at radius 2 is 1.68 bits per heavy atom. The van der Waals surface area contributed by atoms with Crippen LogP contribution < -0.4 is 20.1 Å². The monoisotopic (exact) mass is 633 g/mol. The minimum Gasteiger partial charge on any atom is -0.497 e. The van der Waals surface area contributed by atoms with Crippen LogP contribution >= 0.6 is 23.2 Å². The van der Waals surface area contributed by atoms with Crippen LogP contribution in [0.25, 0.3) is 11.0 Å². The highest BCUT2D eigenvalue weighted by Gasteiger charge is 2.57. The highest BCUT2D eigenvalue weighted by Crippen LogP contribution is 2.50. The van der Waals surface area contributed by atoms with Crippen molar-refractivity contribution in [3.8, 4) is 17.2 Å².